The minimum absolute atomic E-state index is 0.0122. The zero-order valence-electron chi connectivity index (χ0n) is 14.2. The molecule has 0 aliphatic rings. The van der Waals surface area contributed by atoms with E-state index in [1.807, 2.05) is 0 Å². The van der Waals surface area contributed by atoms with Gasteiger partial charge in [0, 0.05) is 4.47 Å². The number of ether oxygens (including phenoxy) is 1. The molecule has 0 radical (unpaired) electrons. The maximum atomic E-state index is 12.9. The van der Waals surface area contributed by atoms with Crippen molar-refractivity contribution in [2.75, 3.05) is 11.8 Å². The van der Waals surface area contributed by atoms with Gasteiger partial charge >= 0.3 is 12.1 Å². The van der Waals surface area contributed by atoms with E-state index in [9.17, 15) is 26.4 Å². The number of sulfonamides is 1. The first-order valence-corrected chi connectivity index (χ1v) is 9.88. The molecule has 2 aromatic carbocycles. The fourth-order valence-electron chi connectivity index (χ4n) is 2.32. The third kappa shape index (κ3) is 4.81. The molecule has 1 N–H and O–H groups in total. The molecular formula is C17H15BrF3NO4S. The lowest BCUT2D eigenvalue weighted by Crippen LogP contribution is -2.17. The molecule has 0 aliphatic heterocycles. The number of anilines is 1. The molecule has 5 nitrogen and oxygen atoms in total. The third-order valence-corrected chi connectivity index (χ3v) is 5.84. The lowest BCUT2D eigenvalue weighted by atomic mass is 10.1. The van der Waals surface area contributed by atoms with E-state index in [4.69, 9.17) is 0 Å². The second-order valence-corrected chi connectivity index (χ2v) is 7.97. The van der Waals surface area contributed by atoms with Crippen LogP contribution < -0.4 is 4.72 Å². The van der Waals surface area contributed by atoms with Crippen LogP contribution in [0.5, 0.6) is 0 Å². The van der Waals surface area contributed by atoms with Crippen LogP contribution in [-0.4, -0.2) is 21.5 Å². The van der Waals surface area contributed by atoms with Gasteiger partial charge in [-0.15, -0.1) is 0 Å². The number of carbonyl (C=O) groups excluding carboxylic acids is 1. The summed E-state index contributed by atoms with van der Waals surface area (Å²) in [6, 6.07) is 6.64. The second-order valence-electron chi connectivity index (χ2n) is 5.47. The Hall–Kier alpha value is -2.07. The zero-order valence-corrected chi connectivity index (χ0v) is 16.6. The first-order chi connectivity index (χ1) is 12.5. The van der Waals surface area contributed by atoms with E-state index < -0.39 is 27.7 Å². The molecule has 0 heterocycles. The molecule has 2 aromatic rings. The number of rotatable bonds is 5. The van der Waals surface area contributed by atoms with Crippen molar-refractivity contribution in [3.63, 3.8) is 0 Å². The van der Waals surface area contributed by atoms with Crippen molar-refractivity contribution in [1.82, 2.24) is 0 Å². The smallest absolute Gasteiger partial charge is 0.416 e. The number of hydrogen-bond donors (Lipinski definition) is 1. The Morgan fingerprint density at radius 1 is 1.19 bits per heavy atom. The Balaban J connectivity index is 2.53. The summed E-state index contributed by atoms with van der Waals surface area (Å²) in [5.74, 6) is -0.727. The first-order valence-electron chi connectivity index (χ1n) is 7.60. The number of esters is 1. The summed E-state index contributed by atoms with van der Waals surface area (Å²) in [7, 11) is -3.11. The maximum Gasteiger partial charge on any atom is 0.416 e. The van der Waals surface area contributed by atoms with Gasteiger partial charge in [0.2, 0.25) is 0 Å². The number of nitrogens with one attached hydrogen (secondary N) is 1. The van der Waals surface area contributed by atoms with Gasteiger partial charge in [-0.25, -0.2) is 13.2 Å². The van der Waals surface area contributed by atoms with E-state index in [1.54, 1.807) is 6.92 Å². The summed E-state index contributed by atoms with van der Waals surface area (Å²) in [5.41, 5.74) is -0.853. The van der Waals surface area contributed by atoms with E-state index in [1.165, 1.54) is 12.1 Å². The van der Waals surface area contributed by atoms with Gasteiger partial charge < -0.3 is 4.74 Å². The predicted molar refractivity (Wildman–Crippen MR) is 97.1 cm³/mol. The average Bonchev–Trinajstić information content (AvgIpc) is 2.61. The summed E-state index contributed by atoms with van der Waals surface area (Å²) < 4.78 is 71.2. The van der Waals surface area contributed by atoms with E-state index in [0.717, 1.165) is 25.3 Å². The Morgan fingerprint density at radius 3 is 2.41 bits per heavy atom. The van der Waals surface area contributed by atoms with Crippen molar-refractivity contribution >= 4 is 37.6 Å². The molecule has 0 aliphatic carbocycles. The van der Waals surface area contributed by atoms with Crippen molar-refractivity contribution in [2.45, 2.75) is 24.4 Å². The molecule has 0 spiro atoms. The van der Waals surface area contributed by atoms with Crippen LogP contribution in [0.1, 0.15) is 28.4 Å². The zero-order chi connectivity index (χ0) is 20.4. The molecule has 0 fully saturated rings. The summed E-state index contributed by atoms with van der Waals surface area (Å²) in [6.07, 6.45) is -4.29. The largest absolute Gasteiger partial charge is 0.465 e. The second kappa shape index (κ2) is 7.89. The standard InChI is InChI=1S/C17H15BrF3NO4S/c1-3-10-4-5-11(16(23)26-2)8-15(10)27(24,25)22-14-9-12(17(19,20)21)6-7-13(14)18/h4-9,22H,3H2,1-2H3. The minimum atomic E-state index is -4.62. The lowest BCUT2D eigenvalue weighted by Gasteiger charge is -2.15. The number of hydrogen-bond acceptors (Lipinski definition) is 4. The fourth-order valence-corrected chi connectivity index (χ4v) is 4.21. The Morgan fingerprint density at radius 2 is 1.85 bits per heavy atom. The molecule has 0 saturated carbocycles. The molecule has 27 heavy (non-hydrogen) atoms. The van der Waals surface area contributed by atoms with Crippen molar-refractivity contribution in [2.24, 2.45) is 0 Å². The van der Waals surface area contributed by atoms with Gasteiger partial charge in [-0.1, -0.05) is 13.0 Å². The quantitative estimate of drug-likeness (QED) is 0.653. The number of alkyl halides is 3. The van der Waals surface area contributed by atoms with Crippen LogP contribution in [0.2, 0.25) is 0 Å². The van der Waals surface area contributed by atoms with E-state index in [0.29, 0.717) is 18.1 Å². The molecule has 0 unspecified atom stereocenters. The summed E-state index contributed by atoms with van der Waals surface area (Å²) in [6.45, 7) is 1.71. The highest BCUT2D eigenvalue weighted by atomic mass is 79.9. The van der Waals surface area contributed by atoms with Gasteiger partial charge in [0.1, 0.15) is 0 Å². The molecule has 2 rings (SSSR count). The van der Waals surface area contributed by atoms with Crippen LogP contribution in [0.15, 0.2) is 45.8 Å². The van der Waals surface area contributed by atoms with Crippen LogP contribution in [0.4, 0.5) is 18.9 Å². The van der Waals surface area contributed by atoms with Gasteiger partial charge in [-0.2, -0.15) is 13.2 Å². The van der Waals surface area contributed by atoms with Crippen molar-refractivity contribution < 1.29 is 31.1 Å². The van der Waals surface area contributed by atoms with Crippen molar-refractivity contribution in [1.29, 1.82) is 0 Å². The van der Waals surface area contributed by atoms with Crippen LogP contribution >= 0.6 is 15.9 Å². The van der Waals surface area contributed by atoms with Gasteiger partial charge in [-0.05, 0) is 58.2 Å². The highest BCUT2D eigenvalue weighted by Crippen LogP contribution is 2.35. The molecule has 10 heteroatoms. The van der Waals surface area contributed by atoms with E-state index >= 15 is 0 Å². The molecule has 0 saturated heterocycles. The Bertz CT molecular complexity index is 975. The first kappa shape index (κ1) is 21.2. The van der Waals surface area contributed by atoms with Gasteiger partial charge in [-0.3, -0.25) is 4.72 Å². The van der Waals surface area contributed by atoms with E-state index in [2.05, 4.69) is 25.4 Å². The highest BCUT2D eigenvalue weighted by molar-refractivity contribution is 9.10. The summed E-state index contributed by atoms with van der Waals surface area (Å²) in [4.78, 5) is 11.5. The SMILES string of the molecule is CCc1ccc(C(=O)OC)cc1S(=O)(=O)Nc1cc(C(F)(F)F)ccc1Br. The molecular weight excluding hydrogens is 451 g/mol. The molecule has 0 bridgehead atoms. The maximum absolute atomic E-state index is 12.9. The van der Waals surface area contributed by atoms with Crippen LogP contribution in [0, 0.1) is 0 Å². The van der Waals surface area contributed by atoms with Crippen LogP contribution in [0.3, 0.4) is 0 Å². The fraction of sp³-hybridized carbons (Fsp3) is 0.235. The highest BCUT2D eigenvalue weighted by Gasteiger charge is 2.31. The Kier molecular flexibility index (Phi) is 6.21. The summed E-state index contributed by atoms with van der Waals surface area (Å²) >= 11 is 3.04. The number of carbonyl (C=O) groups is 1. The number of aryl methyl sites for hydroxylation is 1. The lowest BCUT2D eigenvalue weighted by molar-refractivity contribution is -0.137. The monoisotopic (exact) mass is 465 g/mol. The van der Waals surface area contributed by atoms with Crippen molar-refractivity contribution in [3.05, 3.63) is 57.6 Å². The van der Waals surface area contributed by atoms with Gasteiger partial charge in [0.15, 0.2) is 0 Å². The topological polar surface area (TPSA) is 72.5 Å². The van der Waals surface area contributed by atoms with Crippen LogP contribution in [0.25, 0.3) is 0 Å². The van der Waals surface area contributed by atoms with Gasteiger partial charge in [0.05, 0.1) is 28.8 Å². The number of benzene rings is 2. The predicted octanol–water partition coefficient (Wildman–Crippen LogP) is 4.62. The Labute approximate surface area is 162 Å². The molecule has 0 amide bonds. The number of methoxy groups -OCH3 is 1. The average molecular weight is 466 g/mol. The van der Waals surface area contributed by atoms with E-state index in [-0.39, 0.29) is 20.6 Å². The normalized spacial score (nSPS) is 11.9. The molecule has 0 aromatic heterocycles. The van der Waals surface area contributed by atoms with Crippen molar-refractivity contribution in [3.8, 4) is 0 Å². The summed E-state index contributed by atoms with van der Waals surface area (Å²) in [5, 5.41) is 0. The number of halogens is 4. The van der Waals surface area contributed by atoms with Gasteiger partial charge in [0.25, 0.3) is 10.0 Å². The molecule has 0 atom stereocenters. The minimum Gasteiger partial charge on any atom is -0.465 e. The van der Waals surface area contributed by atoms with Crippen LogP contribution in [-0.2, 0) is 27.4 Å². The third-order valence-electron chi connectivity index (χ3n) is 3.70. The molecule has 146 valence electrons.